The van der Waals surface area contributed by atoms with Crippen molar-refractivity contribution in [3.05, 3.63) is 54.2 Å². The number of H-pyrrole nitrogens is 1. The molecule has 2 aromatic carbocycles. The zero-order valence-electron chi connectivity index (χ0n) is 15.7. The van der Waals surface area contributed by atoms with Crippen molar-refractivity contribution in [2.45, 2.75) is 12.5 Å². The van der Waals surface area contributed by atoms with Crippen molar-refractivity contribution in [2.24, 2.45) is 0 Å². The van der Waals surface area contributed by atoms with Crippen LogP contribution in [0.4, 0.5) is 5.69 Å². The molecule has 144 valence electrons. The number of aromatic nitrogens is 1. The molecule has 0 aliphatic carbocycles. The molecule has 3 aromatic rings. The first-order valence-corrected chi connectivity index (χ1v) is 9.00. The normalized spacial score (nSPS) is 14.5. The van der Waals surface area contributed by atoms with Gasteiger partial charge in [-0.25, -0.2) is 0 Å². The number of likely N-dealkylation sites (tertiary alicyclic amines) is 1. The van der Waals surface area contributed by atoms with Gasteiger partial charge < -0.3 is 24.7 Å². The molecule has 1 aliphatic heterocycles. The number of ether oxygens (including phenoxy) is 2. The van der Waals surface area contributed by atoms with Crippen molar-refractivity contribution < 1.29 is 19.1 Å². The number of carbonyl (C=O) groups is 2. The SMILES string of the molecule is COc1cccc(NC(=O)[C@H](c2c[nH]c3ccc(OC)cc23)N2CCC2=O)c1. The van der Waals surface area contributed by atoms with Crippen molar-refractivity contribution in [2.75, 3.05) is 26.1 Å². The molecule has 1 aliphatic rings. The van der Waals surface area contributed by atoms with Crippen molar-refractivity contribution in [1.82, 2.24) is 9.88 Å². The first-order valence-electron chi connectivity index (χ1n) is 9.00. The van der Waals surface area contributed by atoms with Crippen LogP contribution in [0.15, 0.2) is 48.7 Å². The minimum Gasteiger partial charge on any atom is -0.497 e. The maximum Gasteiger partial charge on any atom is 0.251 e. The molecule has 1 fully saturated rings. The third kappa shape index (κ3) is 3.15. The molecule has 1 atom stereocenters. The van der Waals surface area contributed by atoms with Gasteiger partial charge in [0.25, 0.3) is 5.91 Å². The Balaban J connectivity index is 1.71. The van der Waals surface area contributed by atoms with Gasteiger partial charge in [0, 0.05) is 47.4 Å². The van der Waals surface area contributed by atoms with Crippen molar-refractivity contribution >= 4 is 28.4 Å². The first kappa shape index (κ1) is 17.9. The van der Waals surface area contributed by atoms with E-state index in [9.17, 15) is 9.59 Å². The van der Waals surface area contributed by atoms with Crippen LogP contribution in [0.25, 0.3) is 10.9 Å². The van der Waals surface area contributed by atoms with Gasteiger partial charge in [-0.1, -0.05) is 6.07 Å². The lowest BCUT2D eigenvalue weighted by molar-refractivity contribution is -0.147. The molecular formula is C21H21N3O4. The van der Waals surface area contributed by atoms with Crippen LogP contribution in [0.1, 0.15) is 18.0 Å². The molecule has 0 saturated carbocycles. The highest BCUT2D eigenvalue weighted by molar-refractivity contribution is 6.02. The molecule has 0 radical (unpaired) electrons. The van der Waals surface area contributed by atoms with Crippen LogP contribution in [0.2, 0.25) is 0 Å². The summed E-state index contributed by atoms with van der Waals surface area (Å²) in [6, 6.07) is 12.0. The van der Waals surface area contributed by atoms with E-state index in [-0.39, 0.29) is 11.8 Å². The van der Waals surface area contributed by atoms with Gasteiger partial charge in [0.05, 0.1) is 14.2 Å². The van der Waals surface area contributed by atoms with Gasteiger partial charge >= 0.3 is 0 Å². The molecule has 28 heavy (non-hydrogen) atoms. The fraction of sp³-hybridized carbons (Fsp3) is 0.238. The topological polar surface area (TPSA) is 83.7 Å². The summed E-state index contributed by atoms with van der Waals surface area (Å²) in [6.45, 7) is 0.547. The van der Waals surface area contributed by atoms with E-state index in [1.54, 1.807) is 49.6 Å². The molecule has 0 unspecified atom stereocenters. The van der Waals surface area contributed by atoms with Crippen LogP contribution >= 0.6 is 0 Å². The lowest BCUT2D eigenvalue weighted by atomic mass is 9.99. The Kier molecular flexibility index (Phi) is 4.65. The number of nitrogens with one attached hydrogen (secondary N) is 2. The summed E-state index contributed by atoms with van der Waals surface area (Å²) in [5, 5.41) is 3.76. The number of benzene rings is 2. The summed E-state index contributed by atoms with van der Waals surface area (Å²) in [5.41, 5.74) is 2.23. The predicted molar refractivity (Wildman–Crippen MR) is 106 cm³/mol. The van der Waals surface area contributed by atoms with Gasteiger partial charge in [-0.15, -0.1) is 0 Å². The van der Waals surface area contributed by atoms with Gasteiger partial charge in [0.2, 0.25) is 5.91 Å². The van der Waals surface area contributed by atoms with E-state index >= 15 is 0 Å². The maximum atomic E-state index is 13.2. The summed E-state index contributed by atoms with van der Waals surface area (Å²) in [5.74, 6) is 1.02. The first-order chi connectivity index (χ1) is 13.6. The molecule has 7 nitrogen and oxygen atoms in total. The highest BCUT2D eigenvalue weighted by atomic mass is 16.5. The van der Waals surface area contributed by atoms with E-state index in [4.69, 9.17) is 9.47 Å². The third-order valence-corrected chi connectivity index (χ3v) is 5.00. The summed E-state index contributed by atoms with van der Waals surface area (Å²) >= 11 is 0. The fourth-order valence-electron chi connectivity index (χ4n) is 3.44. The number of hydrogen-bond acceptors (Lipinski definition) is 4. The standard InChI is InChI=1S/C21H21N3O4/c1-27-14-5-3-4-13(10-14)23-21(26)20(24-9-8-19(24)25)17-12-22-18-7-6-15(28-2)11-16(17)18/h3-7,10-12,20,22H,8-9H2,1-2H3,(H,23,26)/t20-/m0/s1. The van der Waals surface area contributed by atoms with Crippen molar-refractivity contribution in [3.63, 3.8) is 0 Å². The number of fused-ring (bicyclic) bond motifs is 1. The summed E-state index contributed by atoms with van der Waals surface area (Å²) in [6.07, 6.45) is 2.24. The van der Waals surface area contributed by atoms with Crippen LogP contribution in [-0.2, 0) is 9.59 Å². The average Bonchev–Trinajstić information content (AvgIpc) is 3.13. The molecule has 1 saturated heterocycles. The fourth-order valence-corrected chi connectivity index (χ4v) is 3.44. The van der Waals surface area contributed by atoms with Gasteiger partial charge in [0.15, 0.2) is 0 Å². The molecule has 0 bridgehead atoms. The minimum absolute atomic E-state index is 0.0389. The van der Waals surface area contributed by atoms with Gasteiger partial charge in [0.1, 0.15) is 17.5 Å². The average molecular weight is 379 g/mol. The largest absolute Gasteiger partial charge is 0.497 e. The number of aromatic amines is 1. The zero-order valence-corrected chi connectivity index (χ0v) is 15.7. The summed E-state index contributed by atoms with van der Waals surface area (Å²) in [7, 11) is 3.17. The molecular weight excluding hydrogens is 358 g/mol. The molecule has 1 aromatic heterocycles. The van der Waals surface area contributed by atoms with Crippen LogP contribution < -0.4 is 14.8 Å². The summed E-state index contributed by atoms with van der Waals surface area (Å²) < 4.78 is 10.5. The molecule has 2 N–H and O–H groups in total. The Morgan fingerprint density at radius 3 is 2.61 bits per heavy atom. The van der Waals surface area contributed by atoms with E-state index in [1.807, 2.05) is 18.2 Å². The molecule has 2 heterocycles. The Hall–Kier alpha value is -3.48. The van der Waals surface area contributed by atoms with Crippen molar-refractivity contribution in [1.29, 1.82) is 0 Å². The lowest BCUT2D eigenvalue weighted by Crippen LogP contribution is -2.49. The lowest BCUT2D eigenvalue weighted by Gasteiger charge is -2.37. The van der Waals surface area contributed by atoms with E-state index in [0.29, 0.717) is 30.2 Å². The number of β-lactam (4-membered cyclic amide) rings is 1. The van der Waals surface area contributed by atoms with E-state index in [1.165, 1.54) is 0 Å². The van der Waals surface area contributed by atoms with E-state index in [2.05, 4.69) is 10.3 Å². The molecule has 2 amide bonds. The van der Waals surface area contributed by atoms with Gasteiger partial charge in [-0.05, 0) is 30.3 Å². The Morgan fingerprint density at radius 1 is 1.14 bits per heavy atom. The Bertz CT molecular complexity index is 1040. The number of rotatable bonds is 6. The van der Waals surface area contributed by atoms with E-state index in [0.717, 1.165) is 16.5 Å². The monoisotopic (exact) mass is 379 g/mol. The summed E-state index contributed by atoms with van der Waals surface area (Å²) in [4.78, 5) is 30.1. The Morgan fingerprint density at radius 2 is 1.93 bits per heavy atom. The highest BCUT2D eigenvalue weighted by Gasteiger charge is 2.38. The second-order valence-corrected chi connectivity index (χ2v) is 6.62. The third-order valence-electron chi connectivity index (χ3n) is 5.00. The highest BCUT2D eigenvalue weighted by Crippen LogP contribution is 2.34. The molecule has 7 heteroatoms. The quantitative estimate of drug-likeness (QED) is 0.645. The smallest absolute Gasteiger partial charge is 0.251 e. The molecule has 0 spiro atoms. The second kappa shape index (κ2) is 7.26. The number of hydrogen-bond donors (Lipinski definition) is 2. The number of carbonyl (C=O) groups excluding carboxylic acids is 2. The van der Waals surface area contributed by atoms with Crippen molar-refractivity contribution in [3.8, 4) is 11.5 Å². The number of methoxy groups -OCH3 is 2. The number of anilines is 1. The maximum absolute atomic E-state index is 13.2. The number of amides is 2. The molecule has 4 rings (SSSR count). The van der Waals surface area contributed by atoms with Crippen LogP contribution in [0.3, 0.4) is 0 Å². The minimum atomic E-state index is -0.728. The predicted octanol–water partition coefficient (Wildman–Crippen LogP) is 3.10. The Labute approximate surface area is 162 Å². The van der Waals surface area contributed by atoms with Crippen LogP contribution in [0.5, 0.6) is 11.5 Å². The second-order valence-electron chi connectivity index (χ2n) is 6.62. The van der Waals surface area contributed by atoms with Gasteiger partial charge in [-0.2, -0.15) is 0 Å². The zero-order chi connectivity index (χ0) is 19.7. The van der Waals surface area contributed by atoms with Gasteiger partial charge in [-0.3, -0.25) is 9.59 Å². The van der Waals surface area contributed by atoms with Crippen LogP contribution in [0, 0.1) is 0 Å². The van der Waals surface area contributed by atoms with E-state index < -0.39 is 6.04 Å². The van der Waals surface area contributed by atoms with Crippen LogP contribution in [-0.4, -0.2) is 42.5 Å². The number of nitrogens with zero attached hydrogens (tertiary/aromatic N) is 1.